The largest absolute Gasteiger partial charge is 0.329 e. The van der Waals surface area contributed by atoms with E-state index in [4.69, 9.17) is 0 Å². The van der Waals surface area contributed by atoms with Gasteiger partial charge in [-0.25, -0.2) is 0 Å². The highest BCUT2D eigenvalue weighted by Gasteiger charge is 2.19. The lowest BCUT2D eigenvalue weighted by atomic mass is 10.1. The van der Waals surface area contributed by atoms with Gasteiger partial charge in [0.15, 0.2) is 11.6 Å². The van der Waals surface area contributed by atoms with E-state index in [2.05, 4.69) is 17.0 Å². The monoisotopic (exact) mass is 377 g/mol. The molecule has 1 heterocycles. The molecular weight excluding hydrogens is 358 g/mol. The van der Waals surface area contributed by atoms with Crippen LogP contribution in [0, 0.1) is 0 Å². The molecule has 1 aromatic heterocycles. The van der Waals surface area contributed by atoms with Gasteiger partial charge in [0.05, 0.1) is 16.3 Å². The Morgan fingerprint density at radius 2 is 1.48 bits per heavy atom. The molecule has 4 nitrogen and oxygen atoms in total. The van der Waals surface area contributed by atoms with E-state index in [0.717, 1.165) is 16.3 Å². The van der Waals surface area contributed by atoms with Crippen LogP contribution in [-0.4, -0.2) is 17.3 Å². The molecule has 0 aliphatic heterocycles. The van der Waals surface area contributed by atoms with Crippen molar-refractivity contribution in [2.24, 2.45) is 0 Å². The molecule has 136 valence electrons. The third-order valence-electron chi connectivity index (χ3n) is 4.10. The number of ketones is 3. The van der Waals surface area contributed by atoms with Gasteiger partial charge in [-0.2, -0.15) is 0 Å². The lowest BCUT2D eigenvalue weighted by Gasteiger charge is -2.23. The van der Waals surface area contributed by atoms with Gasteiger partial charge in [-0.05, 0) is 29.8 Å². The Labute approximate surface area is 162 Å². The van der Waals surface area contributed by atoms with Crippen LogP contribution in [0.15, 0.2) is 72.8 Å². The van der Waals surface area contributed by atoms with Crippen LogP contribution in [-0.2, 0) is 16.1 Å². The van der Waals surface area contributed by atoms with E-state index < -0.39 is 11.6 Å². The second-order valence-electron chi connectivity index (χ2n) is 6.12. The summed E-state index contributed by atoms with van der Waals surface area (Å²) in [5, 5.41) is 0.906. The number of hydrogen-bond acceptors (Lipinski definition) is 5. The van der Waals surface area contributed by atoms with E-state index in [0.29, 0.717) is 11.4 Å². The zero-order valence-corrected chi connectivity index (χ0v) is 15.7. The number of thiophene rings is 1. The summed E-state index contributed by atoms with van der Waals surface area (Å²) in [5.41, 5.74) is 2.16. The Morgan fingerprint density at radius 3 is 2.11 bits per heavy atom. The number of rotatable bonds is 8. The second-order valence-corrected chi connectivity index (χ2v) is 7.19. The van der Waals surface area contributed by atoms with E-state index in [1.807, 2.05) is 54.6 Å². The maximum absolute atomic E-state index is 12.3. The fourth-order valence-corrected chi connectivity index (χ4v) is 3.61. The summed E-state index contributed by atoms with van der Waals surface area (Å²) >= 11 is 1.33. The zero-order valence-electron chi connectivity index (χ0n) is 14.9. The molecule has 0 amide bonds. The number of benzene rings is 2. The highest BCUT2D eigenvalue weighted by atomic mass is 32.1. The minimum absolute atomic E-state index is 0.320. The van der Waals surface area contributed by atoms with Gasteiger partial charge in [0.25, 0.3) is 0 Å². The molecule has 5 heteroatoms. The predicted molar refractivity (Wildman–Crippen MR) is 108 cm³/mol. The highest BCUT2D eigenvalue weighted by Crippen LogP contribution is 2.34. The summed E-state index contributed by atoms with van der Waals surface area (Å²) < 4.78 is 0. The molecule has 0 aliphatic carbocycles. The van der Waals surface area contributed by atoms with Gasteiger partial charge in [0, 0.05) is 19.2 Å². The third-order valence-corrected chi connectivity index (χ3v) is 5.25. The minimum Gasteiger partial charge on any atom is -0.329 e. The van der Waals surface area contributed by atoms with Crippen molar-refractivity contribution in [2.45, 2.75) is 19.9 Å². The van der Waals surface area contributed by atoms with Gasteiger partial charge in [-0.1, -0.05) is 48.5 Å². The number of carbonyl (C=O) groups is 3. The molecule has 0 spiro atoms. The van der Waals surface area contributed by atoms with E-state index in [9.17, 15) is 14.4 Å². The normalized spacial score (nSPS) is 10.4. The number of carbonyl (C=O) groups excluding carboxylic acids is 3. The summed E-state index contributed by atoms with van der Waals surface area (Å²) in [7, 11) is 0. The Kier molecular flexibility index (Phi) is 5.94. The molecule has 0 radical (unpaired) electrons. The van der Waals surface area contributed by atoms with Crippen LogP contribution in [0.5, 0.6) is 0 Å². The van der Waals surface area contributed by atoms with E-state index >= 15 is 0 Å². The van der Waals surface area contributed by atoms with Crippen LogP contribution >= 0.6 is 11.3 Å². The number of hydrogen-bond donors (Lipinski definition) is 0. The summed E-state index contributed by atoms with van der Waals surface area (Å²) in [5.74, 6) is -1.56. The standard InChI is InChI=1S/C22H19NO3S/c1-16(24)19(25)14-20(26)21-12-13-22(27-21)23(18-10-6-3-7-11-18)15-17-8-4-2-5-9-17/h2-13H,14-15H2,1H3. The lowest BCUT2D eigenvalue weighted by Crippen LogP contribution is -2.15. The Bertz CT molecular complexity index is 948. The van der Waals surface area contributed by atoms with Crippen molar-refractivity contribution in [3.05, 3.63) is 83.2 Å². The van der Waals surface area contributed by atoms with Crippen molar-refractivity contribution < 1.29 is 14.4 Å². The third kappa shape index (κ3) is 4.77. The molecule has 0 unspecified atom stereocenters. The van der Waals surface area contributed by atoms with Crippen molar-refractivity contribution in [1.82, 2.24) is 0 Å². The van der Waals surface area contributed by atoms with E-state index in [-0.39, 0.29) is 12.2 Å². The second kappa shape index (κ2) is 8.56. The first kappa shape index (κ1) is 18.7. The minimum atomic E-state index is -0.654. The van der Waals surface area contributed by atoms with Crippen LogP contribution in [0.3, 0.4) is 0 Å². The first-order chi connectivity index (χ1) is 13.0. The van der Waals surface area contributed by atoms with Crippen molar-refractivity contribution in [3.63, 3.8) is 0 Å². The molecule has 3 rings (SSSR count). The Balaban J connectivity index is 1.87. The molecule has 0 saturated carbocycles. The zero-order chi connectivity index (χ0) is 19.2. The fourth-order valence-electron chi connectivity index (χ4n) is 2.65. The van der Waals surface area contributed by atoms with Gasteiger partial charge in [0.1, 0.15) is 0 Å². The fraction of sp³-hybridized carbons (Fsp3) is 0.136. The molecule has 0 bridgehead atoms. The number of nitrogens with zero attached hydrogens (tertiary/aromatic N) is 1. The molecule has 0 aliphatic rings. The van der Waals surface area contributed by atoms with Crippen LogP contribution in [0.25, 0.3) is 0 Å². The molecule has 27 heavy (non-hydrogen) atoms. The van der Waals surface area contributed by atoms with Crippen LogP contribution in [0.1, 0.15) is 28.6 Å². The van der Waals surface area contributed by atoms with Gasteiger partial charge in [-0.3, -0.25) is 14.4 Å². The first-order valence-corrected chi connectivity index (χ1v) is 9.39. The van der Waals surface area contributed by atoms with Crippen LogP contribution in [0.2, 0.25) is 0 Å². The topological polar surface area (TPSA) is 54.5 Å². The quantitative estimate of drug-likeness (QED) is 0.321. The smallest absolute Gasteiger partial charge is 0.205 e. The maximum atomic E-state index is 12.3. The lowest BCUT2D eigenvalue weighted by molar-refractivity contribution is -0.134. The molecule has 0 saturated heterocycles. The number of Topliss-reactive ketones (excluding diaryl/α,β-unsaturated/α-hetero) is 3. The maximum Gasteiger partial charge on any atom is 0.205 e. The van der Waals surface area contributed by atoms with Gasteiger partial charge >= 0.3 is 0 Å². The van der Waals surface area contributed by atoms with Crippen LogP contribution < -0.4 is 4.90 Å². The van der Waals surface area contributed by atoms with Gasteiger partial charge in [0.2, 0.25) is 5.78 Å². The van der Waals surface area contributed by atoms with Crippen molar-refractivity contribution in [2.75, 3.05) is 4.90 Å². The SMILES string of the molecule is CC(=O)C(=O)CC(=O)c1ccc(N(Cc2ccccc2)c2ccccc2)s1. The highest BCUT2D eigenvalue weighted by molar-refractivity contribution is 7.18. The van der Waals surface area contributed by atoms with E-state index in [1.54, 1.807) is 6.07 Å². The average molecular weight is 377 g/mol. The molecule has 0 N–H and O–H groups in total. The van der Waals surface area contributed by atoms with E-state index in [1.165, 1.54) is 18.3 Å². The van der Waals surface area contributed by atoms with Crippen molar-refractivity contribution in [1.29, 1.82) is 0 Å². The predicted octanol–water partition coefficient (Wildman–Crippen LogP) is 4.82. The van der Waals surface area contributed by atoms with Crippen molar-refractivity contribution >= 4 is 39.4 Å². The summed E-state index contributed by atoms with van der Waals surface area (Å²) in [6, 6.07) is 23.6. The van der Waals surface area contributed by atoms with Gasteiger partial charge in [-0.15, -0.1) is 11.3 Å². The molecule has 0 atom stereocenters. The average Bonchev–Trinajstić information content (AvgIpc) is 3.17. The summed E-state index contributed by atoms with van der Waals surface area (Å²) in [4.78, 5) is 37.6. The molecule has 0 fully saturated rings. The van der Waals surface area contributed by atoms with Gasteiger partial charge < -0.3 is 4.90 Å². The number of anilines is 2. The molecule has 3 aromatic rings. The van der Waals surface area contributed by atoms with Crippen LogP contribution in [0.4, 0.5) is 10.7 Å². The number of para-hydroxylation sites is 1. The van der Waals surface area contributed by atoms with Crippen molar-refractivity contribution in [3.8, 4) is 0 Å². The molecular formula is C22H19NO3S. The summed E-state index contributed by atoms with van der Waals surface area (Å²) in [6.07, 6.45) is -0.376. The molecule has 2 aromatic carbocycles. The Morgan fingerprint density at radius 1 is 0.852 bits per heavy atom. The Hall–Kier alpha value is -3.05. The summed E-state index contributed by atoms with van der Waals surface area (Å²) in [6.45, 7) is 1.85. The first-order valence-electron chi connectivity index (χ1n) is 8.58.